The number of hydrogen-bond donors (Lipinski definition) is 0. The van der Waals surface area contributed by atoms with Crippen LogP contribution in [0.1, 0.15) is 11.4 Å². The second-order valence-electron chi connectivity index (χ2n) is 9.60. The van der Waals surface area contributed by atoms with E-state index in [0.29, 0.717) is 32.8 Å². The molecule has 0 N–H and O–H groups in total. The molecule has 6 aromatic rings. The molecule has 0 unspecified atom stereocenters. The third-order valence-corrected chi connectivity index (χ3v) is 6.81. The third-order valence-electron chi connectivity index (χ3n) is 6.34. The Morgan fingerprint density at radius 1 is 0.583 bits per heavy atom. The van der Waals surface area contributed by atoms with E-state index in [1.165, 1.54) is 45.8 Å². The first kappa shape index (κ1) is 38.3. The van der Waals surface area contributed by atoms with Gasteiger partial charge < -0.3 is 29.8 Å². The molecule has 16 heteroatoms. The molecule has 6 rings (SSSR count). The summed E-state index contributed by atoms with van der Waals surface area (Å²) in [6, 6.07) is 26.5. The average molecular weight is 728 g/mol. The van der Waals surface area contributed by atoms with E-state index in [1.807, 2.05) is 36.4 Å². The summed E-state index contributed by atoms with van der Waals surface area (Å²) in [4.78, 5) is 24.8. The maximum Gasteiger partial charge on any atom is 3.00 e. The SMILES string of the molecule is Cc1[n-]n(-c2ccccc2)c(=O)c1N=Nc1ccc(Cl)cc1[O-].Cc1[n-]n(-c2ccccc2)c(=O)c1N=Nc1ccc(Cl)cc1[O-].[Cr+3].[Na+]. The molecule has 0 saturated carbocycles. The van der Waals surface area contributed by atoms with E-state index in [0.717, 1.165) is 0 Å². The van der Waals surface area contributed by atoms with Gasteiger partial charge in [-0.15, -0.1) is 21.6 Å². The molecule has 48 heavy (non-hydrogen) atoms. The summed E-state index contributed by atoms with van der Waals surface area (Å²) < 4.78 is 2.51. The Morgan fingerprint density at radius 2 is 0.938 bits per heavy atom. The Kier molecular flexibility index (Phi) is 13.8. The molecule has 1 radical (unpaired) electrons. The van der Waals surface area contributed by atoms with Crippen molar-refractivity contribution in [2.45, 2.75) is 13.8 Å². The Bertz CT molecular complexity index is 2030. The van der Waals surface area contributed by atoms with Crippen LogP contribution < -0.4 is 61.1 Å². The van der Waals surface area contributed by atoms with E-state index in [9.17, 15) is 19.8 Å². The molecule has 0 fully saturated rings. The van der Waals surface area contributed by atoms with Crippen molar-refractivity contribution in [1.82, 2.24) is 19.6 Å². The smallest absolute Gasteiger partial charge is 0.871 e. The van der Waals surface area contributed by atoms with E-state index in [-0.39, 0.29) is 92.3 Å². The van der Waals surface area contributed by atoms with Gasteiger partial charge in [-0.1, -0.05) is 84.9 Å². The number of para-hydroxylation sites is 2. The standard InChI is InChI=1S/2C16H13ClN4O2.Cr.Na/c2*1-10-15(19-18-13-8-7-11(17)9-14(13)22)16(23)21(20-10)12-5-3-2-4-6-12;;/h2*2-9H,1H3,(H2,18,19,20,22,23);;/q;;+3;+1/p-4. The largest absolute Gasteiger partial charge is 3.00 e. The second-order valence-corrected chi connectivity index (χ2v) is 10.5. The number of rotatable bonds is 6. The van der Waals surface area contributed by atoms with Gasteiger partial charge in [-0.2, -0.15) is 10.2 Å². The topological polar surface area (TPSA) is 168 Å². The normalized spacial score (nSPS) is 10.8. The fraction of sp³-hybridized carbons (Fsp3) is 0.0625. The fourth-order valence-electron chi connectivity index (χ4n) is 4.06. The summed E-state index contributed by atoms with van der Waals surface area (Å²) >= 11 is 11.4. The van der Waals surface area contributed by atoms with Crippen molar-refractivity contribution in [2.24, 2.45) is 20.5 Å². The summed E-state index contributed by atoms with van der Waals surface area (Å²) in [6.45, 7) is 3.32. The maximum absolute atomic E-state index is 12.4. The van der Waals surface area contributed by atoms with Gasteiger partial charge in [-0.25, -0.2) is 0 Å². The van der Waals surface area contributed by atoms with Crippen LogP contribution in [0.15, 0.2) is 127 Å². The summed E-state index contributed by atoms with van der Waals surface area (Å²) in [5, 5.41) is 47.9. The summed E-state index contributed by atoms with van der Waals surface area (Å²) in [7, 11) is 0. The molecular formula is C32H22Cl2CrN8NaO4. The van der Waals surface area contributed by atoms with Crippen LogP contribution in [0.3, 0.4) is 0 Å². The van der Waals surface area contributed by atoms with Crippen molar-refractivity contribution < 1.29 is 57.1 Å². The van der Waals surface area contributed by atoms with E-state index in [4.69, 9.17) is 23.2 Å². The molecule has 0 amide bonds. The molecule has 2 heterocycles. The molecule has 2 aromatic heterocycles. The Balaban J connectivity index is 0.000000250. The molecule has 0 saturated heterocycles. The first-order valence-electron chi connectivity index (χ1n) is 13.5. The number of benzene rings is 4. The van der Waals surface area contributed by atoms with Crippen LogP contribution >= 0.6 is 23.2 Å². The van der Waals surface area contributed by atoms with Crippen LogP contribution in [0.2, 0.25) is 10.0 Å². The molecule has 235 valence electrons. The van der Waals surface area contributed by atoms with Gasteiger partial charge in [0.25, 0.3) is 11.1 Å². The van der Waals surface area contributed by atoms with Crippen LogP contribution in [-0.2, 0) is 17.4 Å². The minimum absolute atomic E-state index is 0. The summed E-state index contributed by atoms with van der Waals surface area (Å²) in [5.41, 5.74) is 1.79. The van der Waals surface area contributed by atoms with Crippen molar-refractivity contribution in [3.05, 3.63) is 139 Å². The number of aromatic nitrogens is 4. The minimum Gasteiger partial charge on any atom is -0.871 e. The van der Waals surface area contributed by atoms with Gasteiger partial charge in [0.2, 0.25) is 0 Å². The Hall–Kier alpha value is -4.19. The van der Waals surface area contributed by atoms with E-state index < -0.39 is 0 Å². The average Bonchev–Trinajstić information content (AvgIpc) is 3.50. The van der Waals surface area contributed by atoms with Crippen LogP contribution in [0, 0.1) is 13.8 Å². The number of azo groups is 2. The minimum atomic E-state index is -0.390. The summed E-state index contributed by atoms with van der Waals surface area (Å²) in [5.74, 6) is -0.719. The first-order chi connectivity index (χ1) is 22.1. The zero-order valence-electron chi connectivity index (χ0n) is 25.6. The van der Waals surface area contributed by atoms with Crippen molar-refractivity contribution in [3.8, 4) is 22.9 Å². The van der Waals surface area contributed by atoms with Gasteiger partial charge in [-0.05, 0) is 60.7 Å². The number of hydrogen-bond acceptors (Lipinski definition) is 8. The van der Waals surface area contributed by atoms with Crippen molar-refractivity contribution in [2.75, 3.05) is 0 Å². The Morgan fingerprint density at radius 3 is 1.27 bits per heavy atom. The number of aryl methyl sites for hydroxylation is 2. The second kappa shape index (κ2) is 17.3. The molecule has 12 nitrogen and oxygen atoms in total. The van der Waals surface area contributed by atoms with Crippen LogP contribution in [0.4, 0.5) is 22.7 Å². The van der Waals surface area contributed by atoms with E-state index in [1.54, 1.807) is 38.1 Å². The van der Waals surface area contributed by atoms with Crippen molar-refractivity contribution >= 4 is 46.0 Å². The number of halogens is 2. The molecule has 0 atom stereocenters. The predicted octanol–water partition coefficient (Wildman–Crippen LogP) is 3.49. The molecule has 0 spiro atoms. The van der Waals surface area contributed by atoms with Gasteiger partial charge in [0.1, 0.15) is 11.4 Å². The monoisotopic (exact) mass is 727 g/mol. The van der Waals surface area contributed by atoms with Gasteiger partial charge in [0, 0.05) is 21.4 Å². The molecule has 0 aliphatic heterocycles. The Labute approximate surface area is 316 Å². The zero-order chi connectivity index (χ0) is 32.8. The van der Waals surface area contributed by atoms with Gasteiger partial charge in [0.15, 0.2) is 0 Å². The third kappa shape index (κ3) is 9.03. The van der Waals surface area contributed by atoms with Crippen LogP contribution in [0.5, 0.6) is 11.5 Å². The molecule has 4 aromatic carbocycles. The van der Waals surface area contributed by atoms with Gasteiger partial charge in [0.05, 0.1) is 11.4 Å². The van der Waals surface area contributed by atoms with Crippen LogP contribution in [-0.4, -0.2) is 9.36 Å². The number of nitrogens with zero attached hydrogens (tertiary/aromatic N) is 8. The fourth-order valence-corrected chi connectivity index (χ4v) is 4.39. The molecule has 0 bridgehead atoms. The van der Waals surface area contributed by atoms with Gasteiger partial charge in [-0.3, -0.25) is 9.59 Å². The van der Waals surface area contributed by atoms with Gasteiger partial charge >= 0.3 is 46.9 Å². The van der Waals surface area contributed by atoms with Crippen LogP contribution in [0.25, 0.3) is 11.4 Å². The van der Waals surface area contributed by atoms with E-state index in [2.05, 4.69) is 30.7 Å². The maximum atomic E-state index is 12.4. The quantitative estimate of drug-likeness (QED) is 0.188. The van der Waals surface area contributed by atoms with Crippen molar-refractivity contribution in [3.63, 3.8) is 0 Å². The predicted molar refractivity (Wildman–Crippen MR) is 170 cm³/mol. The molecule has 0 aliphatic carbocycles. The van der Waals surface area contributed by atoms with Crippen molar-refractivity contribution in [1.29, 1.82) is 0 Å². The first-order valence-corrected chi connectivity index (χ1v) is 14.3. The molecule has 0 aliphatic rings. The summed E-state index contributed by atoms with van der Waals surface area (Å²) in [6.07, 6.45) is 0. The molecular weight excluding hydrogens is 706 g/mol. The van der Waals surface area contributed by atoms with E-state index >= 15 is 0 Å². The zero-order valence-corrected chi connectivity index (χ0v) is 30.4.